The van der Waals surface area contributed by atoms with Crippen LogP contribution in [0.1, 0.15) is 17.2 Å². The number of hydrogen-bond donors (Lipinski definition) is 1. The quantitative estimate of drug-likeness (QED) is 0.893. The van der Waals surface area contributed by atoms with Crippen LogP contribution >= 0.6 is 27.3 Å². The maximum absolute atomic E-state index is 13.4. The minimum absolute atomic E-state index is 0.0699. The summed E-state index contributed by atoms with van der Waals surface area (Å²) in [6.07, 6.45) is -1.08. The molecule has 1 aromatic carbocycles. The number of rotatable bonds is 2. The van der Waals surface area contributed by atoms with Gasteiger partial charge in [0.25, 0.3) is 0 Å². The highest BCUT2D eigenvalue weighted by Crippen LogP contribution is 2.32. The largest absolute Gasteiger partial charge is 0.383 e. The number of hydrogen-bond acceptors (Lipinski definition) is 2. The van der Waals surface area contributed by atoms with Gasteiger partial charge in [-0.1, -0.05) is 6.07 Å². The summed E-state index contributed by atoms with van der Waals surface area (Å²) in [4.78, 5) is 0. The molecule has 0 saturated carbocycles. The Labute approximate surface area is 103 Å². The van der Waals surface area contributed by atoms with Crippen LogP contribution in [-0.2, 0) is 0 Å². The number of aliphatic hydroxyl groups is 1. The molecule has 1 N–H and O–H groups in total. The first kappa shape index (κ1) is 11.7. The lowest BCUT2D eigenvalue weighted by atomic mass is 10.0. The molecule has 1 unspecified atom stereocenters. The fourth-order valence-electron chi connectivity index (χ4n) is 1.38. The standard InChI is InChI=1S/C11H7BrF2OS/c12-9-5-16-4-8(9)11(15)7-2-1-6(13)3-10(7)14/h1-5,11,15H. The molecule has 84 valence electrons. The van der Waals surface area contributed by atoms with Crippen LogP contribution in [0.2, 0.25) is 0 Å². The smallest absolute Gasteiger partial charge is 0.132 e. The first-order chi connectivity index (χ1) is 7.59. The number of benzene rings is 1. The third-order valence-electron chi connectivity index (χ3n) is 2.19. The van der Waals surface area contributed by atoms with E-state index in [9.17, 15) is 13.9 Å². The van der Waals surface area contributed by atoms with Crippen LogP contribution in [0.4, 0.5) is 8.78 Å². The highest BCUT2D eigenvalue weighted by molar-refractivity contribution is 9.10. The topological polar surface area (TPSA) is 20.2 Å². The third-order valence-corrected chi connectivity index (χ3v) is 3.95. The van der Waals surface area contributed by atoms with Gasteiger partial charge in [0.15, 0.2) is 0 Å². The SMILES string of the molecule is OC(c1ccc(F)cc1F)c1cscc1Br. The molecule has 2 rings (SSSR count). The van der Waals surface area contributed by atoms with Gasteiger partial charge in [0.1, 0.15) is 17.7 Å². The lowest BCUT2D eigenvalue weighted by Gasteiger charge is -2.11. The molecule has 0 bridgehead atoms. The first-order valence-corrected chi connectivity index (χ1v) is 6.18. The lowest BCUT2D eigenvalue weighted by Crippen LogP contribution is -2.02. The van der Waals surface area contributed by atoms with Gasteiger partial charge in [-0.3, -0.25) is 0 Å². The van der Waals surface area contributed by atoms with Gasteiger partial charge < -0.3 is 5.11 Å². The Kier molecular flexibility index (Phi) is 3.37. The molecule has 0 aliphatic heterocycles. The van der Waals surface area contributed by atoms with Gasteiger partial charge in [-0.25, -0.2) is 8.78 Å². The average molecular weight is 305 g/mol. The molecule has 0 aliphatic rings. The van der Waals surface area contributed by atoms with Crippen LogP contribution in [0, 0.1) is 11.6 Å². The van der Waals surface area contributed by atoms with Crippen molar-refractivity contribution in [3.8, 4) is 0 Å². The van der Waals surface area contributed by atoms with Crippen LogP contribution in [0.25, 0.3) is 0 Å². The Balaban J connectivity index is 2.41. The van der Waals surface area contributed by atoms with E-state index < -0.39 is 17.7 Å². The molecule has 2 aromatic rings. The second kappa shape index (κ2) is 4.61. The normalized spacial score (nSPS) is 12.8. The molecule has 1 atom stereocenters. The van der Waals surface area contributed by atoms with E-state index >= 15 is 0 Å². The van der Waals surface area contributed by atoms with Crippen molar-refractivity contribution in [2.24, 2.45) is 0 Å². The molecule has 0 fully saturated rings. The first-order valence-electron chi connectivity index (χ1n) is 4.44. The second-order valence-electron chi connectivity index (χ2n) is 3.24. The fourth-order valence-corrected chi connectivity index (χ4v) is 2.91. The lowest BCUT2D eigenvalue weighted by molar-refractivity contribution is 0.214. The van der Waals surface area contributed by atoms with Crippen LogP contribution in [0.3, 0.4) is 0 Å². The van der Waals surface area contributed by atoms with E-state index in [1.54, 1.807) is 10.8 Å². The van der Waals surface area contributed by atoms with Crippen LogP contribution in [0.5, 0.6) is 0 Å². The molecule has 1 aromatic heterocycles. The fraction of sp³-hybridized carbons (Fsp3) is 0.0909. The predicted molar refractivity (Wildman–Crippen MR) is 62.4 cm³/mol. The molecule has 0 amide bonds. The van der Waals surface area contributed by atoms with E-state index in [1.807, 2.05) is 0 Å². The van der Waals surface area contributed by atoms with E-state index in [4.69, 9.17) is 0 Å². The van der Waals surface area contributed by atoms with Crippen LogP contribution in [-0.4, -0.2) is 5.11 Å². The monoisotopic (exact) mass is 304 g/mol. The molecule has 0 aliphatic carbocycles. The molecule has 1 heterocycles. The zero-order valence-corrected chi connectivity index (χ0v) is 10.4. The summed E-state index contributed by atoms with van der Waals surface area (Å²) in [5.74, 6) is -1.40. The molecular formula is C11H7BrF2OS. The van der Waals surface area contributed by atoms with Crippen molar-refractivity contribution in [2.45, 2.75) is 6.10 Å². The van der Waals surface area contributed by atoms with Gasteiger partial charge in [-0.2, -0.15) is 11.3 Å². The number of thiophene rings is 1. The maximum atomic E-state index is 13.4. The van der Waals surface area contributed by atoms with Gasteiger partial charge in [0.05, 0.1) is 0 Å². The van der Waals surface area contributed by atoms with E-state index in [1.165, 1.54) is 17.4 Å². The second-order valence-corrected chi connectivity index (χ2v) is 4.84. The molecular weight excluding hydrogens is 298 g/mol. The molecule has 1 nitrogen and oxygen atoms in total. The van der Waals surface area contributed by atoms with Gasteiger partial charge >= 0.3 is 0 Å². The zero-order chi connectivity index (χ0) is 11.7. The minimum Gasteiger partial charge on any atom is -0.383 e. The molecule has 16 heavy (non-hydrogen) atoms. The van der Waals surface area contributed by atoms with Crippen molar-refractivity contribution in [3.05, 3.63) is 56.2 Å². The van der Waals surface area contributed by atoms with E-state index in [0.29, 0.717) is 10.0 Å². The predicted octanol–water partition coefficient (Wildman–Crippen LogP) is 3.87. The summed E-state index contributed by atoms with van der Waals surface area (Å²) in [5, 5.41) is 13.5. The third kappa shape index (κ3) is 2.16. The maximum Gasteiger partial charge on any atom is 0.132 e. The summed E-state index contributed by atoms with van der Waals surface area (Å²) in [5.41, 5.74) is 0.649. The summed E-state index contributed by atoms with van der Waals surface area (Å²) in [6.45, 7) is 0. The van der Waals surface area contributed by atoms with Gasteiger partial charge in [0, 0.05) is 27.0 Å². The minimum atomic E-state index is -1.08. The Morgan fingerprint density at radius 2 is 1.94 bits per heavy atom. The van der Waals surface area contributed by atoms with Crippen molar-refractivity contribution >= 4 is 27.3 Å². The Hall–Kier alpha value is -0.780. The summed E-state index contributed by atoms with van der Waals surface area (Å²) in [7, 11) is 0. The number of aliphatic hydroxyl groups excluding tert-OH is 1. The zero-order valence-electron chi connectivity index (χ0n) is 7.95. The van der Waals surface area contributed by atoms with Crippen LogP contribution < -0.4 is 0 Å². The van der Waals surface area contributed by atoms with Gasteiger partial charge in [-0.05, 0) is 27.4 Å². The molecule has 0 spiro atoms. The average Bonchev–Trinajstić information content (AvgIpc) is 2.63. The molecule has 0 saturated heterocycles. The summed E-state index contributed by atoms with van der Waals surface area (Å²) in [6, 6.07) is 3.14. The van der Waals surface area contributed by atoms with Crippen molar-refractivity contribution in [2.75, 3.05) is 0 Å². The molecule has 0 radical (unpaired) electrons. The van der Waals surface area contributed by atoms with Crippen LogP contribution in [0.15, 0.2) is 33.4 Å². The highest BCUT2D eigenvalue weighted by Gasteiger charge is 2.18. The Bertz CT molecular complexity index is 512. The summed E-state index contributed by atoms with van der Waals surface area (Å²) >= 11 is 4.65. The van der Waals surface area contributed by atoms with Crippen molar-refractivity contribution in [1.82, 2.24) is 0 Å². The number of halogens is 3. The van der Waals surface area contributed by atoms with E-state index in [2.05, 4.69) is 15.9 Å². The molecule has 5 heteroatoms. The van der Waals surface area contributed by atoms with Crippen molar-refractivity contribution in [3.63, 3.8) is 0 Å². The Morgan fingerprint density at radius 3 is 2.50 bits per heavy atom. The van der Waals surface area contributed by atoms with Crippen molar-refractivity contribution < 1.29 is 13.9 Å². The van der Waals surface area contributed by atoms with E-state index in [0.717, 1.165) is 12.1 Å². The van der Waals surface area contributed by atoms with Gasteiger partial charge in [-0.15, -0.1) is 0 Å². The van der Waals surface area contributed by atoms with Gasteiger partial charge in [0.2, 0.25) is 0 Å². The Morgan fingerprint density at radius 1 is 1.19 bits per heavy atom. The highest BCUT2D eigenvalue weighted by atomic mass is 79.9. The summed E-state index contributed by atoms with van der Waals surface area (Å²) < 4.78 is 26.8. The van der Waals surface area contributed by atoms with Crippen molar-refractivity contribution in [1.29, 1.82) is 0 Å². The van der Waals surface area contributed by atoms with E-state index in [-0.39, 0.29) is 5.56 Å².